The molecule has 0 bridgehead atoms. The number of benzene rings is 2. The Morgan fingerprint density at radius 2 is 1.76 bits per heavy atom. The number of carbonyl (C=O) groups is 1. The van der Waals surface area contributed by atoms with Gasteiger partial charge < -0.3 is 19.7 Å². The number of amides is 1. The highest BCUT2D eigenvalue weighted by molar-refractivity contribution is 5.99. The van der Waals surface area contributed by atoms with E-state index in [1.807, 2.05) is 55.5 Å². The van der Waals surface area contributed by atoms with E-state index in [-0.39, 0.29) is 5.91 Å². The van der Waals surface area contributed by atoms with Crippen molar-refractivity contribution in [3.05, 3.63) is 78.0 Å². The van der Waals surface area contributed by atoms with Gasteiger partial charge in [0.2, 0.25) is 0 Å². The van der Waals surface area contributed by atoms with Crippen molar-refractivity contribution in [2.75, 3.05) is 32.6 Å². The van der Waals surface area contributed by atoms with Gasteiger partial charge >= 0.3 is 0 Å². The van der Waals surface area contributed by atoms with E-state index in [0.717, 1.165) is 17.0 Å². The standard InChI is InChI=1S/C23H25N3O3/c1-17-9-4-6-12-20(17)29-16-15-26(2)23(27)18-10-8-14-24-22(18)25-19-11-5-7-13-21(19)28-3/h4-14H,15-16H2,1-3H3,(H,24,25). The first-order valence-electron chi connectivity index (χ1n) is 9.39. The van der Waals surface area contributed by atoms with Crippen LogP contribution in [-0.4, -0.2) is 43.1 Å². The minimum Gasteiger partial charge on any atom is -0.495 e. The molecule has 0 saturated carbocycles. The second-order valence-corrected chi connectivity index (χ2v) is 6.57. The number of aryl methyl sites for hydroxylation is 1. The van der Waals surface area contributed by atoms with E-state index in [0.29, 0.717) is 30.3 Å². The summed E-state index contributed by atoms with van der Waals surface area (Å²) in [6.07, 6.45) is 1.65. The number of nitrogens with zero attached hydrogens (tertiary/aromatic N) is 2. The molecule has 6 nitrogen and oxygen atoms in total. The first-order chi connectivity index (χ1) is 14.1. The normalized spacial score (nSPS) is 10.3. The predicted molar refractivity (Wildman–Crippen MR) is 114 cm³/mol. The van der Waals surface area contributed by atoms with E-state index >= 15 is 0 Å². The minimum absolute atomic E-state index is 0.135. The van der Waals surface area contributed by atoms with E-state index in [1.165, 1.54) is 0 Å². The Kier molecular flexibility index (Phi) is 6.68. The largest absolute Gasteiger partial charge is 0.495 e. The van der Waals surface area contributed by atoms with Gasteiger partial charge in [-0.25, -0.2) is 4.98 Å². The zero-order valence-corrected chi connectivity index (χ0v) is 16.9. The van der Waals surface area contributed by atoms with Crippen LogP contribution < -0.4 is 14.8 Å². The zero-order chi connectivity index (χ0) is 20.6. The third-order valence-corrected chi connectivity index (χ3v) is 4.52. The van der Waals surface area contributed by atoms with Crippen LogP contribution >= 0.6 is 0 Å². The molecular weight excluding hydrogens is 366 g/mol. The molecule has 0 atom stereocenters. The number of rotatable bonds is 8. The molecule has 0 unspecified atom stereocenters. The Morgan fingerprint density at radius 3 is 2.52 bits per heavy atom. The second kappa shape index (κ2) is 9.59. The van der Waals surface area contributed by atoms with Crippen LogP contribution in [0.1, 0.15) is 15.9 Å². The van der Waals surface area contributed by atoms with Crippen LogP contribution in [0.15, 0.2) is 66.9 Å². The number of nitrogens with one attached hydrogen (secondary N) is 1. The monoisotopic (exact) mass is 391 g/mol. The lowest BCUT2D eigenvalue weighted by Crippen LogP contribution is -2.31. The number of carbonyl (C=O) groups excluding carboxylic acids is 1. The van der Waals surface area contributed by atoms with Gasteiger partial charge in [0.15, 0.2) is 0 Å². The maximum absolute atomic E-state index is 13.0. The summed E-state index contributed by atoms with van der Waals surface area (Å²) in [6.45, 7) is 2.86. The summed E-state index contributed by atoms with van der Waals surface area (Å²) in [4.78, 5) is 19.0. The van der Waals surface area contributed by atoms with Crippen LogP contribution in [0.2, 0.25) is 0 Å². The molecule has 1 aromatic heterocycles. The van der Waals surface area contributed by atoms with Gasteiger partial charge in [0.25, 0.3) is 5.91 Å². The molecule has 2 aromatic carbocycles. The molecule has 150 valence electrons. The number of anilines is 2. The van der Waals surface area contributed by atoms with Crippen molar-refractivity contribution < 1.29 is 14.3 Å². The molecule has 1 N–H and O–H groups in total. The average Bonchev–Trinajstić information content (AvgIpc) is 2.75. The molecule has 1 heterocycles. The number of pyridine rings is 1. The van der Waals surface area contributed by atoms with Gasteiger partial charge in [-0.05, 0) is 42.8 Å². The highest BCUT2D eigenvalue weighted by Gasteiger charge is 2.17. The fourth-order valence-corrected chi connectivity index (χ4v) is 2.87. The fraction of sp³-hybridized carbons (Fsp3) is 0.217. The highest BCUT2D eigenvalue weighted by Crippen LogP contribution is 2.28. The Hall–Kier alpha value is -3.54. The highest BCUT2D eigenvalue weighted by atomic mass is 16.5. The van der Waals surface area contributed by atoms with Gasteiger partial charge in [-0.15, -0.1) is 0 Å². The Morgan fingerprint density at radius 1 is 1.03 bits per heavy atom. The van der Waals surface area contributed by atoms with Crippen molar-refractivity contribution in [1.29, 1.82) is 0 Å². The van der Waals surface area contributed by atoms with E-state index in [9.17, 15) is 4.79 Å². The summed E-state index contributed by atoms with van der Waals surface area (Å²) in [7, 11) is 3.36. The smallest absolute Gasteiger partial charge is 0.257 e. The Bertz CT molecular complexity index is 975. The molecule has 3 rings (SSSR count). The van der Waals surface area contributed by atoms with Crippen molar-refractivity contribution in [3.8, 4) is 11.5 Å². The lowest BCUT2D eigenvalue weighted by atomic mass is 10.2. The molecule has 1 amide bonds. The van der Waals surface area contributed by atoms with Crippen molar-refractivity contribution in [3.63, 3.8) is 0 Å². The molecular formula is C23H25N3O3. The van der Waals surface area contributed by atoms with Crippen molar-refractivity contribution >= 4 is 17.4 Å². The molecule has 0 fully saturated rings. The average molecular weight is 391 g/mol. The van der Waals surface area contributed by atoms with Crippen LogP contribution in [0.25, 0.3) is 0 Å². The topological polar surface area (TPSA) is 63.7 Å². The van der Waals surface area contributed by atoms with E-state index in [1.54, 1.807) is 37.4 Å². The van der Waals surface area contributed by atoms with Gasteiger partial charge in [0, 0.05) is 13.2 Å². The Balaban J connectivity index is 1.68. The third kappa shape index (κ3) is 5.04. The van der Waals surface area contributed by atoms with Gasteiger partial charge in [0.1, 0.15) is 23.9 Å². The molecule has 3 aromatic rings. The molecule has 0 aliphatic carbocycles. The number of hydrogen-bond donors (Lipinski definition) is 1. The molecule has 0 saturated heterocycles. The summed E-state index contributed by atoms with van der Waals surface area (Å²) in [5.74, 6) is 1.85. The molecule has 0 aliphatic heterocycles. The minimum atomic E-state index is -0.135. The number of hydrogen-bond acceptors (Lipinski definition) is 5. The van der Waals surface area contributed by atoms with Crippen LogP contribution in [0.3, 0.4) is 0 Å². The van der Waals surface area contributed by atoms with E-state index in [4.69, 9.17) is 9.47 Å². The summed E-state index contributed by atoms with van der Waals surface area (Å²) in [6, 6.07) is 18.8. The van der Waals surface area contributed by atoms with Gasteiger partial charge in [-0.3, -0.25) is 4.79 Å². The van der Waals surface area contributed by atoms with Crippen LogP contribution in [0, 0.1) is 6.92 Å². The second-order valence-electron chi connectivity index (χ2n) is 6.57. The molecule has 0 aliphatic rings. The van der Waals surface area contributed by atoms with E-state index < -0.39 is 0 Å². The number of methoxy groups -OCH3 is 1. The van der Waals surface area contributed by atoms with Crippen molar-refractivity contribution in [1.82, 2.24) is 9.88 Å². The van der Waals surface area contributed by atoms with Crippen LogP contribution in [0.5, 0.6) is 11.5 Å². The number of para-hydroxylation sites is 3. The SMILES string of the molecule is COc1ccccc1Nc1ncccc1C(=O)N(C)CCOc1ccccc1C. The van der Waals surface area contributed by atoms with E-state index in [2.05, 4.69) is 10.3 Å². The van der Waals surface area contributed by atoms with Crippen molar-refractivity contribution in [2.45, 2.75) is 6.92 Å². The third-order valence-electron chi connectivity index (χ3n) is 4.52. The number of likely N-dealkylation sites (N-methyl/N-ethyl adjacent to an activating group) is 1. The quantitative estimate of drug-likeness (QED) is 0.620. The van der Waals surface area contributed by atoms with Gasteiger partial charge in [0.05, 0.1) is 24.9 Å². The number of ether oxygens (including phenoxy) is 2. The lowest BCUT2D eigenvalue weighted by Gasteiger charge is -2.20. The van der Waals surface area contributed by atoms with Gasteiger partial charge in [-0.2, -0.15) is 0 Å². The molecule has 29 heavy (non-hydrogen) atoms. The summed E-state index contributed by atoms with van der Waals surface area (Å²) >= 11 is 0. The zero-order valence-electron chi connectivity index (χ0n) is 16.9. The first-order valence-corrected chi connectivity index (χ1v) is 9.39. The summed E-state index contributed by atoms with van der Waals surface area (Å²) in [5, 5.41) is 3.20. The first kappa shape index (κ1) is 20.2. The molecule has 0 spiro atoms. The molecule has 0 radical (unpaired) electrons. The summed E-state index contributed by atoms with van der Waals surface area (Å²) in [5.41, 5.74) is 2.29. The fourth-order valence-electron chi connectivity index (χ4n) is 2.87. The summed E-state index contributed by atoms with van der Waals surface area (Å²) < 4.78 is 11.2. The van der Waals surface area contributed by atoms with Gasteiger partial charge in [-0.1, -0.05) is 30.3 Å². The Labute approximate surface area is 171 Å². The van der Waals surface area contributed by atoms with Crippen molar-refractivity contribution in [2.24, 2.45) is 0 Å². The predicted octanol–water partition coefficient (Wildman–Crippen LogP) is 4.29. The lowest BCUT2D eigenvalue weighted by molar-refractivity contribution is 0.0774. The van der Waals surface area contributed by atoms with Crippen LogP contribution in [-0.2, 0) is 0 Å². The maximum Gasteiger partial charge on any atom is 0.257 e. The molecule has 6 heteroatoms. The maximum atomic E-state index is 13.0. The number of aromatic nitrogens is 1. The van der Waals surface area contributed by atoms with Crippen LogP contribution in [0.4, 0.5) is 11.5 Å².